The lowest BCUT2D eigenvalue weighted by Gasteiger charge is -2.21. The molecule has 4 rings (SSSR count). The van der Waals surface area contributed by atoms with E-state index in [9.17, 15) is 31.2 Å². The molecule has 2 aromatic carbocycles. The Balaban J connectivity index is 1.78. The zero-order valence-electron chi connectivity index (χ0n) is 19.5. The number of amides is 1. The number of carbonyl (C=O) groups excluding carboxylic acids is 1. The molecule has 2 aromatic heterocycles. The van der Waals surface area contributed by atoms with Gasteiger partial charge in [0, 0.05) is 11.9 Å². The number of H-pyrrole nitrogens is 1. The van der Waals surface area contributed by atoms with Gasteiger partial charge in [-0.15, -0.1) is 0 Å². The second-order valence-corrected chi connectivity index (χ2v) is 10.3. The number of nitrogens with one attached hydrogen (secondary N) is 2. The SMILES string of the molecule is Cc1[nH]c(=O)c(C(=O)NC(c2ccc(S(C)(=O)=O)cc2)c2cccc(C(F)(F)F)c2)cc1-c1ncco1. The number of hydrogen-bond donors (Lipinski definition) is 2. The van der Waals surface area contributed by atoms with E-state index in [-0.39, 0.29) is 21.9 Å². The highest BCUT2D eigenvalue weighted by Crippen LogP contribution is 2.32. The second kappa shape index (κ2) is 9.69. The first-order valence-corrected chi connectivity index (χ1v) is 12.7. The van der Waals surface area contributed by atoms with Gasteiger partial charge in [0.1, 0.15) is 11.8 Å². The number of benzene rings is 2. The fourth-order valence-electron chi connectivity index (χ4n) is 3.74. The molecule has 192 valence electrons. The molecule has 4 aromatic rings. The van der Waals surface area contributed by atoms with Gasteiger partial charge < -0.3 is 14.7 Å². The summed E-state index contributed by atoms with van der Waals surface area (Å²) in [7, 11) is -3.53. The van der Waals surface area contributed by atoms with Crippen molar-refractivity contribution in [2.45, 2.75) is 24.0 Å². The number of pyridine rings is 1. The van der Waals surface area contributed by atoms with Crippen LogP contribution in [0.4, 0.5) is 13.2 Å². The Bertz CT molecular complexity index is 1610. The van der Waals surface area contributed by atoms with Gasteiger partial charge >= 0.3 is 6.18 Å². The van der Waals surface area contributed by atoms with E-state index in [0.29, 0.717) is 16.8 Å². The monoisotopic (exact) mass is 531 g/mol. The van der Waals surface area contributed by atoms with Gasteiger partial charge in [0.2, 0.25) is 5.89 Å². The third-order valence-electron chi connectivity index (χ3n) is 5.61. The van der Waals surface area contributed by atoms with Crippen LogP contribution in [0.5, 0.6) is 0 Å². The number of oxazole rings is 1. The van der Waals surface area contributed by atoms with Gasteiger partial charge in [-0.1, -0.05) is 24.3 Å². The predicted octanol–water partition coefficient (Wildman–Crippen LogP) is 4.28. The van der Waals surface area contributed by atoms with Crippen LogP contribution in [-0.4, -0.2) is 30.5 Å². The molecular formula is C25H20F3N3O5S. The van der Waals surface area contributed by atoms with Crippen LogP contribution in [0.2, 0.25) is 0 Å². The molecule has 37 heavy (non-hydrogen) atoms. The molecule has 1 amide bonds. The number of nitrogens with zero attached hydrogens (tertiary/aromatic N) is 1. The maximum atomic E-state index is 13.4. The Morgan fingerprint density at radius 3 is 2.38 bits per heavy atom. The highest BCUT2D eigenvalue weighted by molar-refractivity contribution is 7.90. The predicted molar refractivity (Wildman–Crippen MR) is 128 cm³/mol. The van der Waals surface area contributed by atoms with Crippen molar-refractivity contribution >= 4 is 15.7 Å². The van der Waals surface area contributed by atoms with Gasteiger partial charge in [0.05, 0.1) is 28.3 Å². The normalized spacial score (nSPS) is 12.8. The van der Waals surface area contributed by atoms with E-state index < -0.39 is 39.1 Å². The first kappa shape index (κ1) is 25.9. The quantitative estimate of drug-likeness (QED) is 0.383. The zero-order valence-corrected chi connectivity index (χ0v) is 20.3. The molecule has 0 radical (unpaired) electrons. The van der Waals surface area contributed by atoms with Gasteiger partial charge in [-0.05, 0) is 48.4 Å². The molecule has 0 saturated heterocycles. The fourth-order valence-corrected chi connectivity index (χ4v) is 4.37. The summed E-state index contributed by atoms with van der Waals surface area (Å²) in [6, 6.07) is 9.85. The number of sulfone groups is 1. The molecule has 0 bridgehead atoms. The van der Waals surface area contributed by atoms with Crippen LogP contribution in [0.3, 0.4) is 0 Å². The molecule has 12 heteroatoms. The number of carbonyl (C=O) groups is 1. The number of alkyl halides is 3. The van der Waals surface area contributed by atoms with E-state index >= 15 is 0 Å². The smallest absolute Gasteiger partial charge is 0.416 e. The third-order valence-corrected chi connectivity index (χ3v) is 6.74. The third kappa shape index (κ3) is 5.64. The van der Waals surface area contributed by atoms with E-state index in [0.717, 1.165) is 18.4 Å². The molecule has 2 N–H and O–H groups in total. The van der Waals surface area contributed by atoms with E-state index in [1.807, 2.05) is 0 Å². The first-order chi connectivity index (χ1) is 17.3. The van der Waals surface area contributed by atoms with E-state index in [1.165, 1.54) is 54.9 Å². The van der Waals surface area contributed by atoms with Crippen molar-refractivity contribution in [1.29, 1.82) is 0 Å². The minimum atomic E-state index is -4.64. The van der Waals surface area contributed by atoms with Crippen molar-refractivity contribution in [2.24, 2.45) is 0 Å². The topological polar surface area (TPSA) is 122 Å². The molecule has 0 aliphatic carbocycles. The molecule has 0 aliphatic heterocycles. The Hall–Kier alpha value is -4.19. The number of halogens is 3. The van der Waals surface area contributed by atoms with Crippen molar-refractivity contribution in [3.05, 3.63) is 105 Å². The van der Waals surface area contributed by atoms with Crippen molar-refractivity contribution in [3.63, 3.8) is 0 Å². The van der Waals surface area contributed by atoms with Crippen LogP contribution in [0.25, 0.3) is 11.5 Å². The zero-order chi connectivity index (χ0) is 27.0. The van der Waals surface area contributed by atoms with Gasteiger partial charge in [-0.3, -0.25) is 9.59 Å². The first-order valence-electron chi connectivity index (χ1n) is 10.8. The van der Waals surface area contributed by atoms with E-state index in [1.54, 1.807) is 6.92 Å². The summed E-state index contributed by atoms with van der Waals surface area (Å²) in [5.41, 5.74) is -0.846. The van der Waals surface area contributed by atoms with Gasteiger partial charge in [-0.25, -0.2) is 13.4 Å². The Morgan fingerprint density at radius 2 is 1.78 bits per heavy atom. The summed E-state index contributed by atoms with van der Waals surface area (Å²) in [6.45, 7) is 1.59. The average Bonchev–Trinajstić information content (AvgIpc) is 3.36. The number of aryl methyl sites for hydroxylation is 1. The number of aromatic amines is 1. The van der Waals surface area contributed by atoms with Crippen LogP contribution >= 0.6 is 0 Å². The molecular weight excluding hydrogens is 511 g/mol. The lowest BCUT2D eigenvalue weighted by molar-refractivity contribution is -0.137. The molecule has 0 saturated carbocycles. The van der Waals surface area contributed by atoms with Gasteiger partial charge in [-0.2, -0.15) is 13.2 Å². The fraction of sp³-hybridized carbons (Fsp3) is 0.160. The minimum Gasteiger partial charge on any atom is -0.444 e. The number of rotatable bonds is 6. The standard InChI is InChI=1S/C25H20F3N3O5S/c1-14-19(24-29-10-11-36-24)13-20(22(32)30-14)23(33)31-21(15-6-8-18(9-7-15)37(2,34)35)16-4-3-5-17(12-16)25(26,27)28/h3-13,21H,1-2H3,(H,30,32)(H,31,33). The minimum absolute atomic E-state index is 0.00376. The molecule has 1 atom stereocenters. The van der Waals surface area contributed by atoms with Crippen LogP contribution in [0, 0.1) is 6.92 Å². The maximum Gasteiger partial charge on any atom is 0.416 e. The largest absolute Gasteiger partial charge is 0.444 e. The molecule has 1 unspecified atom stereocenters. The van der Waals surface area contributed by atoms with Crippen molar-refractivity contribution in [2.75, 3.05) is 6.26 Å². The van der Waals surface area contributed by atoms with Crippen LogP contribution in [-0.2, 0) is 16.0 Å². The number of hydrogen-bond acceptors (Lipinski definition) is 6. The summed E-state index contributed by atoms with van der Waals surface area (Å²) < 4.78 is 69.2. The van der Waals surface area contributed by atoms with Crippen molar-refractivity contribution < 1.29 is 30.8 Å². The highest BCUT2D eigenvalue weighted by atomic mass is 32.2. The Morgan fingerprint density at radius 1 is 1.08 bits per heavy atom. The summed E-state index contributed by atoms with van der Waals surface area (Å²) in [6.07, 6.45) is -0.903. The molecule has 8 nitrogen and oxygen atoms in total. The highest BCUT2D eigenvalue weighted by Gasteiger charge is 2.31. The van der Waals surface area contributed by atoms with E-state index in [4.69, 9.17) is 4.42 Å². The molecule has 0 fully saturated rings. The maximum absolute atomic E-state index is 13.4. The summed E-state index contributed by atoms with van der Waals surface area (Å²) in [4.78, 5) is 32.4. The Labute approximate surface area is 209 Å². The van der Waals surface area contributed by atoms with Crippen LogP contribution in [0.15, 0.2) is 81.2 Å². The van der Waals surface area contributed by atoms with Gasteiger partial charge in [0.15, 0.2) is 9.84 Å². The average molecular weight is 532 g/mol. The lowest BCUT2D eigenvalue weighted by Crippen LogP contribution is -2.33. The van der Waals surface area contributed by atoms with E-state index in [2.05, 4.69) is 15.3 Å². The van der Waals surface area contributed by atoms with Crippen molar-refractivity contribution in [3.8, 4) is 11.5 Å². The Kier molecular flexibility index (Phi) is 6.78. The number of aromatic nitrogens is 2. The second-order valence-electron chi connectivity index (χ2n) is 8.26. The van der Waals surface area contributed by atoms with Gasteiger partial charge in [0.25, 0.3) is 11.5 Å². The molecule has 0 spiro atoms. The summed E-state index contributed by atoms with van der Waals surface area (Å²) in [5.74, 6) is -0.711. The summed E-state index contributed by atoms with van der Waals surface area (Å²) in [5, 5.41) is 2.61. The molecule has 2 heterocycles. The lowest BCUT2D eigenvalue weighted by atomic mass is 9.96. The summed E-state index contributed by atoms with van der Waals surface area (Å²) >= 11 is 0. The van der Waals surface area contributed by atoms with Crippen LogP contribution < -0.4 is 10.9 Å². The van der Waals surface area contributed by atoms with Crippen LogP contribution in [0.1, 0.15) is 38.8 Å². The molecule has 0 aliphatic rings. The van der Waals surface area contributed by atoms with Crippen molar-refractivity contribution in [1.82, 2.24) is 15.3 Å².